The van der Waals surface area contributed by atoms with Crippen molar-refractivity contribution in [3.8, 4) is 0 Å². The summed E-state index contributed by atoms with van der Waals surface area (Å²) < 4.78 is 0. The van der Waals surface area contributed by atoms with E-state index >= 15 is 0 Å². The molecular formula is C9H20N2. The first-order valence-electron chi connectivity index (χ1n) is 4.77. The normalized spacial score (nSPS) is 32.2. The van der Waals surface area contributed by atoms with Gasteiger partial charge >= 0.3 is 0 Å². The van der Waals surface area contributed by atoms with Crippen LogP contribution in [-0.4, -0.2) is 13.1 Å². The third-order valence-corrected chi connectivity index (χ3v) is 2.87. The zero-order valence-corrected chi connectivity index (χ0v) is 7.26. The number of rotatable bonds is 3. The second-order valence-electron chi connectivity index (χ2n) is 3.70. The molecule has 1 aliphatic carbocycles. The van der Waals surface area contributed by atoms with Crippen LogP contribution in [0.3, 0.4) is 0 Å². The Kier molecular flexibility index (Phi) is 3.87. The van der Waals surface area contributed by atoms with Crippen molar-refractivity contribution in [3.63, 3.8) is 0 Å². The minimum absolute atomic E-state index is 0.809. The van der Waals surface area contributed by atoms with Gasteiger partial charge in [0, 0.05) is 0 Å². The highest BCUT2D eigenvalue weighted by atomic mass is 14.6. The van der Waals surface area contributed by atoms with Gasteiger partial charge in [0.25, 0.3) is 0 Å². The monoisotopic (exact) mass is 156 g/mol. The summed E-state index contributed by atoms with van der Waals surface area (Å²) >= 11 is 0. The van der Waals surface area contributed by atoms with Crippen molar-refractivity contribution in [1.29, 1.82) is 0 Å². The molecule has 1 rings (SSSR count). The van der Waals surface area contributed by atoms with Crippen LogP contribution < -0.4 is 11.5 Å². The standard InChI is InChI=1S/C9H20N2/c10-6-5-8-1-3-9(7-11)4-2-8/h8-9H,1-7,10-11H2. The fourth-order valence-electron chi connectivity index (χ4n) is 1.99. The fraction of sp³-hybridized carbons (Fsp3) is 1.00. The third-order valence-electron chi connectivity index (χ3n) is 2.87. The van der Waals surface area contributed by atoms with Gasteiger partial charge in [0.15, 0.2) is 0 Å². The van der Waals surface area contributed by atoms with Crippen molar-refractivity contribution in [2.75, 3.05) is 13.1 Å². The second kappa shape index (κ2) is 4.73. The largest absolute Gasteiger partial charge is 0.330 e. The van der Waals surface area contributed by atoms with Crippen molar-refractivity contribution in [2.24, 2.45) is 23.3 Å². The first-order valence-corrected chi connectivity index (χ1v) is 4.77. The van der Waals surface area contributed by atoms with Crippen LogP contribution in [0, 0.1) is 11.8 Å². The fourth-order valence-corrected chi connectivity index (χ4v) is 1.99. The number of hydrogen-bond acceptors (Lipinski definition) is 2. The second-order valence-corrected chi connectivity index (χ2v) is 3.70. The Labute approximate surface area is 69.3 Å². The smallest absolute Gasteiger partial charge is 0.00489 e. The van der Waals surface area contributed by atoms with E-state index < -0.39 is 0 Å². The van der Waals surface area contributed by atoms with Crippen LogP contribution >= 0.6 is 0 Å². The summed E-state index contributed by atoms with van der Waals surface area (Å²) in [6, 6.07) is 0. The Morgan fingerprint density at radius 2 is 1.45 bits per heavy atom. The minimum atomic E-state index is 0.809. The Morgan fingerprint density at radius 1 is 0.909 bits per heavy atom. The van der Waals surface area contributed by atoms with E-state index in [9.17, 15) is 0 Å². The van der Waals surface area contributed by atoms with Gasteiger partial charge in [-0.2, -0.15) is 0 Å². The van der Waals surface area contributed by atoms with E-state index in [0.29, 0.717) is 0 Å². The third kappa shape index (κ3) is 2.80. The lowest BCUT2D eigenvalue weighted by Gasteiger charge is -2.27. The van der Waals surface area contributed by atoms with Crippen LogP contribution in [0.4, 0.5) is 0 Å². The van der Waals surface area contributed by atoms with Crippen molar-refractivity contribution < 1.29 is 0 Å². The molecule has 2 nitrogen and oxygen atoms in total. The predicted molar refractivity (Wildman–Crippen MR) is 48.2 cm³/mol. The van der Waals surface area contributed by atoms with E-state index in [0.717, 1.165) is 24.9 Å². The molecule has 0 aromatic rings. The number of hydrogen-bond donors (Lipinski definition) is 2. The maximum atomic E-state index is 5.60. The lowest BCUT2D eigenvalue weighted by atomic mass is 9.81. The quantitative estimate of drug-likeness (QED) is 0.643. The summed E-state index contributed by atoms with van der Waals surface area (Å²) in [4.78, 5) is 0. The van der Waals surface area contributed by atoms with Crippen molar-refractivity contribution >= 4 is 0 Å². The van der Waals surface area contributed by atoms with E-state index in [1.807, 2.05) is 0 Å². The zero-order valence-electron chi connectivity index (χ0n) is 7.26. The predicted octanol–water partition coefficient (Wildman–Crippen LogP) is 1.10. The maximum absolute atomic E-state index is 5.60. The van der Waals surface area contributed by atoms with Crippen molar-refractivity contribution in [2.45, 2.75) is 32.1 Å². The van der Waals surface area contributed by atoms with E-state index in [4.69, 9.17) is 11.5 Å². The summed E-state index contributed by atoms with van der Waals surface area (Å²) in [6.07, 6.45) is 6.61. The van der Waals surface area contributed by atoms with Crippen LogP contribution in [-0.2, 0) is 0 Å². The zero-order chi connectivity index (χ0) is 8.10. The Morgan fingerprint density at radius 3 is 1.91 bits per heavy atom. The molecule has 66 valence electrons. The van der Waals surface area contributed by atoms with Gasteiger partial charge in [-0.25, -0.2) is 0 Å². The molecule has 0 heterocycles. The average molecular weight is 156 g/mol. The molecule has 0 radical (unpaired) electrons. The van der Waals surface area contributed by atoms with Gasteiger partial charge in [-0.15, -0.1) is 0 Å². The van der Waals surface area contributed by atoms with E-state index in [1.165, 1.54) is 32.1 Å². The highest BCUT2D eigenvalue weighted by molar-refractivity contribution is 4.72. The number of nitrogens with two attached hydrogens (primary N) is 2. The van der Waals surface area contributed by atoms with Gasteiger partial charge in [-0.3, -0.25) is 0 Å². The van der Waals surface area contributed by atoms with Gasteiger partial charge in [-0.1, -0.05) is 12.8 Å². The molecule has 11 heavy (non-hydrogen) atoms. The van der Waals surface area contributed by atoms with Crippen molar-refractivity contribution in [3.05, 3.63) is 0 Å². The van der Waals surface area contributed by atoms with Gasteiger partial charge in [0.1, 0.15) is 0 Å². The maximum Gasteiger partial charge on any atom is -0.00489 e. The molecule has 0 saturated heterocycles. The molecule has 1 saturated carbocycles. The topological polar surface area (TPSA) is 52.0 Å². The molecule has 1 fully saturated rings. The Hall–Kier alpha value is -0.0800. The minimum Gasteiger partial charge on any atom is -0.330 e. The van der Waals surface area contributed by atoms with E-state index in [-0.39, 0.29) is 0 Å². The molecule has 0 aromatic carbocycles. The van der Waals surface area contributed by atoms with Crippen LogP contribution in [0.2, 0.25) is 0 Å². The van der Waals surface area contributed by atoms with Gasteiger partial charge < -0.3 is 11.5 Å². The van der Waals surface area contributed by atoms with Crippen LogP contribution in [0.15, 0.2) is 0 Å². The first-order chi connectivity index (χ1) is 5.36. The molecule has 2 heteroatoms. The van der Waals surface area contributed by atoms with Crippen LogP contribution in [0.5, 0.6) is 0 Å². The lowest BCUT2D eigenvalue weighted by Crippen LogP contribution is -2.22. The molecule has 0 unspecified atom stereocenters. The molecule has 1 aliphatic rings. The summed E-state index contributed by atoms with van der Waals surface area (Å²) in [7, 11) is 0. The Balaban J connectivity index is 2.14. The molecule has 4 N–H and O–H groups in total. The van der Waals surface area contributed by atoms with Crippen LogP contribution in [0.1, 0.15) is 32.1 Å². The van der Waals surface area contributed by atoms with Crippen LogP contribution in [0.25, 0.3) is 0 Å². The van der Waals surface area contributed by atoms with Gasteiger partial charge in [0.05, 0.1) is 0 Å². The highest BCUT2D eigenvalue weighted by Crippen LogP contribution is 2.29. The average Bonchev–Trinajstić information content (AvgIpc) is 2.07. The molecule has 0 aliphatic heterocycles. The first kappa shape index (κ1) is 9.01. The molecule has 0 amide bonds. The molecule has 0 spiro atoms. The Bertz CT molecular complexity index is 95.7. The molecule has 0 atom stereocenters. The van der Waals surface area contributed by atoms with Gasteiger partial charge in [0.2, 0.25) is 0 Å². The van der Waals surface area contributed by atoms with E-state index in [2.05, 4.69) is 0 Å². The van der Waals surface area contributed by atoms with E-state index in [1.54, 1.807) is 0 Å². The molecule has 0 aromatic heterocycles. The van der Waals surface area contributed by atoms with Crippen molar-refractivity contribution in [1.82, 2.24) is 0 Å². The SMILES string of the molecule is NCCC1CCC(CN)CC1. The summed E-state index contributed by atoms with van der Waals surface area (Å²) in [5.41, 5.74) is 11.1. The molecular weight excluding hydrogens is 136 g/mol. The summed E-state index contributed by atoms with van der Waals surface area (Å²) in [6.45, 7) is 1.74. The summed E-state index contributed by atoms with van der Waals surface area (Å²) in [5.74, 6) is 1.71. The molecule has 0 bridgehead atoms. The van der Waals surface area contributed by atoms with Gasteiger partial charge in [-0.05, 0) is 44.2 Å². The highest BCUT2D eigenvalue weighted by Gasteiger charge is 2.18. The summed E-state index contributed by atoms with van der Waals surface area (Å²) in [5, 5.41) is 0. The lowest BCUT2D eigenvalue weighted by molar-refractivity contribution is 0.270.